The van der Waals surface area contributed by atoms with Crippen LogP contribution in [0.2, 0.25) is 0 Å². The van der Waals surface area contributed by atoms with Crippen molar-refractivity contribution in [2.75, 3.05) is 19.7 Å². The molecular weight excluding hydrogens is 363 g/mol. The highest BCUT2D eigenvalue weighted by Crippen LogP contribution is 2.34. The Morgan fingerprint density at radius 3 is 2.19 bits per heavy atom. The number of halogens is 4. The number of ether oxygens (including phenoxy) is 1. The summed E-state index contributed by atoms with van der Waals surface area (Å²) in [6, 6.07) is 15.8. The van der Waals surface area contributed by atoms with Gasteiger partial charge in [-0.25, -0.2) is 0 Å². The molecule has 2 N–H and O–H groups in total. The largest absolute Gasteiger partial charge is 1.00 e. The lowest BCUT2D eigenvalue weighted by Gasteiger charge is -2.36. The summed E-state index contributed by atoms with van der Waals surface area (Å²) in [6.07, 6.45) is -2.41. The third kappa shape index (κ3) is 4.78. The molecule has 142 valence electrons. The Morgan fingerprint density at radius 1 is 0.923 bits per heavy atom. The average molecular weight is 386 g/mol. The quantitative estimate of drug-likeness (QED) is 0.798. The minimum atomic E-state index is -4.35. The van der Waals surface area contributed by atoms with E-state index in [-0.39, 0.29) is 30.0 Å². The molecule has 0 radical (unpaired) electrons. The zero-order valence-corrected chi connectivity index (χ0v) is 15.2. The van der Waals surface area contributed by atoms with E-state index in [2.05, 4.69) is 17.4 Å². The third-order valence-corrected chi connectivity index (χ3v) is 5.00. The topological polar surface area (TPSA) is 25.8 Å². The maximum absolute atomic E-state index is 13.1. The first kappa shape index (κ1) is 20.7. The molecule has 1 aliphatic rings. The second kappa shape index (κ2) is 8.89. The smallest absolute Gasteiger partial charge is 0.416 e. The Hall–Kier alpha value is -1.56. The zero-order chi connectivity index (χ0) is 17.8. The predicted molar refractivity (Wildman–Crippen MR) is 90.1 cm³/mol. The number of nitrogens with two attached hydrogens (primary N) is 1. The van der Waals surface area contributed by atoms with Gasteiger partial charge >= 0.3 is 6.18 Å². The summed E-state index contributed by atoms with van der Waals surface area (Å²) < 4.78 is 45.2. The summed E-state index contributed by atoms with van der Waals surface area (Å²) >= 11 is 0. The van der Waals surface area contributed by atoms with E-state index in [9.17, 15) is 13.2 Å². The first-order valence-corrected chi connectivity index (χ1v) is 8.61. The van der Waals surface area contributed by atoms with E-state index < -0.39 is 11.7 Å². The number of alkyl halides is 3. The Kier molecular flexibility index (Phi) is 7.09. The van der Waals surface area contributed by atoms with Crippen LogP contribution >= 0.6 is 0 Å². The van der Waals surface area contributed by atoms with Gasteiger partial charge in [0.05, 0.1) is 31.9 Å². The molecule has 26 heavy (non-hydrogen) atoms. The molecule has 2 aromatic carbocycles. The molecule has 0 atom stereocenters. The van der Waals surface area contributed by atoms with Crippen LogP contribution in [0.15, 0.2) is 54.6 Å². The maximum Gasteiger partial charge on any atom is 0.416 e. The highest BCUT2D eigenvalue weighted by atomic mass is 35.5. The standard InChI is InChI=1S/C20H22F3NO.ClH/c21-20(22,23)18-9-5-4-6-16(18)14-25-15-19(10-12-24-13-11-19)17-7-2-1-3-8-17;/h1-9,24H,10-15H2;1H. The van der Waals surface area contributed by atoms with Crippen LogP contribution in [-0.4, -0.2) is 19.7 Å². The Bertz CT molecular complexity index is 685. The van der Waals surface area contributed by atoms with Crippen LogP contribution in [0.3, 0.4) is 0 Å². The highest BCUT2D eigenvalue weighted by Gasteiger charge is 2.37. The van der Waals surface area contributed by atoms with Crippen LogP contribution in [0, 0.1) is 0 Å². The van der Waals surface area contributed by atoms with E-state index in [1.54, 1.807) is 6.07 Å². The predicted octanol–water partition coefficient (Wildman–Crippen LogP) is 0.521. The van der Waals surface area contributed by atoms with Crippen molar-refractivity contribution in [3.05, 3.63) is 71.3 Å². The van der Waals surface area contributed by atoms with Crippen molar-refractivity contribution in [1.29, 1.82) is 0 Å². The molecule has 2 nitrogen and oxygen atoms in total. The SMILES string of the molecule is FC(F)(F)c1ccccc1COCC1(c2ccccc2)CC[NH2+]CC1.[Cl-]. The molecule has 2 aromatic rings. The molecule has 6 heteroatoms. The minimum absolute atomic E-state index is 0. The van der Waals surface area contributed by atoms with E-state index in [0.717, 1.165) is 32.0 Å². The number of hydrogen-bond acceptors (Lipinski definition) is 1. The number of rotatable bonds is 5. The van der Waals surface area contributed by atoms with Crippen LogP contribution < -0.4 is 17.7 Å². The van der Waals surface area contributed by atoms with E-state index in [0.29, 0.717) is 6.61 Å². The molecule has 0 amide bonds. The molecule has 0 aliphatic carbocycles. The third-order valence-electron chi connectivity index (χ3n) is 5.00. The fraction of sp³-hybridized carbons (Fsp3) is 0.400. The van der Waals surface area contributed by atoms with Gasteiger partial charge in [0.2, 0.25) is 0 Å². The van der Waals surface area contributed by atoms with Crippen molar-refractivity contribution in [3.63, 3.8) is 0 Å². The molecule has 0 unspecified atom stereocenters. The van der Waals surface area contributed by atoms with Gasteiger partial charge in [0, 0.05) is 18.3 Å². The van der Waals surface area contributed by atoms with Crippen LogP contribution in [-0.2, 0) is 22.9 Å². The highest BCUT2D eigenvalue weighted by molar-refractivity contribution is 5.29. The van der Waals surface area contributed by atoms with Gasteiger partial charge in [0.25, 0.3) is 0 Å². The van der Waals surface area contributed by atoms with Gasteiger partial charge < -0.3 is 22.5 Å². The van der Waals surface area contributed by atoms with E-state index >= 15 is 0 Å². The Labute approximate surface area is 158 Å². The Balaban J connectivity index is 0.00000243. The second-order valence-corrected chi connectivity index (χ2v) is 6.66. The molecule has 3 rings (SSSR count). The first-order chi connectivity index (χ1) is 12.0. The lowest BCUT2D eigenvalue weighted by molar-refractivity contribution is -0.666. The van der Waals surface area contributed by atoms with E-state index in [1.165, 1.54) is 17.7 Å². The van der Waals surface area contributed by atoms with E-state index in [4.69, 9.17) is 4.74 Å². The van der Waals surface area contributed by atoms with Gasteiger partial charge in [-0.3, -0.25) is 0 Å². The Morgan fingerprint density at radius 2 is 1.54 bits per heavy atom. The maximum atomic E-state index is 13.1. The van der Waals surface area contributed by atoms with Gasteiger partial charge in [-0.05, 0) is 17.2 Å². The molecule has 1 fully saturated rings. The summed E-state index contributed by atoms with van der Waals surface area (Å²) in [5.74, 6) is 0. The van der Waals surface area contributed by atoms with Crippen molar-refractivity contribution in [2.45, 2.75) is 31.0 Å². The zero-order valence-electron chi connectivity index (χ0n) is 14.4. The molecule has 0 aromatic heterocycles. The van der Waals surface area contributed by atoms with Gasteiger partial charge in [0.1, 0.15) is 0 Å². The van der Waals surface area contributed by atoms with E-state index in [1.807, 2.05) is 18.2 Å². The van der Waals surface area contributed by atoms with Crippen molar-refractivity contribution in [2.24, 2.45) is 0 Å². The minimum Gasteiger partial charge on any atom is -1.00 e. The fourth-order valence-electron chi connectivity index (χ4n) is 3.61. The van der Waals surface area contributed by atoms with Gasteiger partial charge in [0.15, 0.2) is 0 Å². The number of benzene rings is 2. The summed E-state index contributed by atoms with van der Waals surface area (Å²) in [5.41, 5.74) is 0.692. The number of piperidine rings is 1. The van der Waals surface area contributed by atoms with Crippen LogP contribution in [0.4, 0.5) is 13.2 Å². The van der Waals surface area contributed by atoms with Crippen LogP contribution in [0.25, 0.3) is 0 Å². The first-order valence-electron chi connectivity index (χ1n) is 8.61. The monoisotopic (exact) mass is 385 g/mol. The average Bonchev–Trinajstić information content (AvgIpc) is 2.63. The fourth-order valence-corrected chi connectivity index (χ4v) is 3.61. The second-order valence-electron chi connectivity index (χ2n) is 6.66. The molecule has 0 spiro atoms. The molecule has 0 bridgehead atoms. The summed E-state index contributed by atoms with van der Waals surface area (Å²) in [6.45, 7) is 2.44. The molecule has 1 saturated heterocycles. The summed E-state index contributed by atoms with van der Waals surface area (Å²) in [5, 5.41) is 2.28. The van der Waals surface area contributed by atoms with Crippen molar-refractivity contribution in [3.8, 4) is 0 Å². The molecular formula is C20H23ClF3NO. The van der Waals surface area contributed by atoms with Crippen molar-refractivity contribution >= 4 is 0 Å². The lowest BCUT2D eigenvalue weighted by atomic mass is 9.74. The van der Waals surface area contributed by atoms with Crippen molar-refractivity contribution < 1.29 is 35.6 Å². The number of quaternary nitrogens is 1. The van der Waals surface area contributed by atoms with Crippen molar-refractivity contribution in [1.82, 2.24) is 0 Å². The summed E-state index contributed by atoms with van der Waals surface area (Å²) in [7, 11) is 0. The van der Waals surface area contributed by atoms with Gasteiger partial charge in [-0.1, -0.05) is 48.5 Å². The molecule has 1 aliphatic heterocycles. The molecule has 1 heterocycles. The van der Waals surface area contributed by atoms with Gasteiger partial charge in [-0.15, -0.1) is 0 Å². The van der Waals surface area contributed by atoms with Crippen LogP contribution in [0.1, 0.15) is 29.5 Å². The summed E-state index contributed by atoms with van der Waals surface area (Å²) in [4.78, 5) is 0. The van der Waals surface area contributed by atoms with Gasteiger partial charge in [-0.2, -0.15) is 13.2 Å². The normalized spacial score (nSPS) is 16.7. The van der Waals surface area contributed by atoms with Crippen LogP contribution in [0.5, 0.6) is 0 Å². The molecule has 0 saturated carbocycles. The lowest BCUT2D eigenvalue weighted by Crippen LogP contribution is -3.00. The number of hydrogen-bond donors (Lipinski definition) is 1.